The van der Waals surface area contributed by atoms with E-state index in [-0.39, 0.29) is 48.3 Å². The van der Waals surface area contributed by atoms with Crippen molar-refractivity contribution in [2.24, 2.45) is 5.92 Å². The molecule has 2 aromatic rings. The number of aliphatic carboxylic acids is 1. The number of rotatable bonds is 21. The average Bonchev–Trinajstić information content (AvgIpc) is 3.66. The molecule has 0 radical (unpaired) electrons. The van der Waals surface area contributed by atoms with Gasteiger partial charge in [0.25, 0.3) is 11.8 Å². The number of nitrogens with zero attached hydrogens (tertiary/aromatic N) is 1. The van der Waals surface area contributed by atoms with Crippen molar-refractivity contribution in [1.29, 1.82) is 0 Å². The van der Waals surface area contributed by atoms with Crippen molar-refractivity contribution < 1.29 is 67.9 Å². The van der Waals surface area contributed by atoms with E-state index in [9.17, 15) is 67.9 Å². The molecule has 1 aliphatic rings. The monoisotopic (exact) mass is 803 g/mol. The largest absolute Gasteiger partial charge is 0.488 e. The Balaban J connectivity index is 1.58. The molecule has 1 heterocycles. The zero-order chi connectivity index (χ0) is 42.4. The molecule has 1 aliphatic heterocycles. The van der Waals surface area contributed by atoms with Crippen LogP contribution in [0.2, 0.25) is 0 Å². The molecule has 5 atom stereocenters. The highest BCUT2D eigenvalue weighted by molar-refractivity contribution is 6.59. The maximum atomic E-state index is 14.7. The molecule has 0 spiro atoms. The van der Waals surface area contributed by atoms with E-state index in [1.165, 1.54) is 11.8 Å². The van der Waals surface area contributed by atoms with Gasteiger partial charge in [-0.25, -0.2) is 13.6 Å². The van der Waals surface area contributed by atoms with E-state index in [0.717, 1.165) is 36.4 Å². The zero-order valence-corrected chi connectivity index (χ0v) is 31.6. The van der Waals surface area contributed by atoms with Gasteiger partial charge < -0.3 is 56.5 Å². The molecule has 21 heteroatoms. The fourth-order valence-corrected chi connectivity index (χ4v) is 6.39. The van der Waals surface area contributed by atoms with Crippen molar-refractivity contribution in [2.75, 3.05) is 19.6 Å². The minimum atomic E-state index is -1.98. The van der Waals surface area contributed by atoms with Crippen LogP contribution in [0.1, 0.15) is 85.9 Å². The molecule has 0 unspecified atom stereocenters. The van der Waals surface area contributed by atoms with Crippen LogP contribution in [0.3, 0.4) is 0 Å². The summed E-state index contributed by atoms with van der Waals surface area (Å²) in [6, 6.07) is 2.30. The van der Waals surface area contributed by atoms with Crippen LogP contribution in [0.25, 0.3) is 0 Å². The molecule has 0 bridgehead atoms. The first-order valence-electron chi connectivity index (χ1n) is 18.7. The van der Waals surface area contributed by atoms with Crippen LogP contribution < -0.4 is 32.2 Å². The number of benzene rings is 2. The number of hydrogen-bond donors (Lipinski definition) is 10. The van der Waals surface area contributed by atoms with Gasteiger partial charge in [0.2, 0.25) is 17.7 Å². The topological polar surface area (TPSA) is 275 Å². The van der Waals surface area contributed by atoms with Gasteiger partial charge in [0.05, 0.1) is 17.2 Å². The van der Waals surface area contributed by atoms with E-state index >= 15 is 0 Å². The number of amides is 5. The maximum absolute atomic E-state index is 14.7. The number of aliphatic hydroxyl groups excluding tert-OH is 1. The van der Waals surface area contributed by atoms with E-state index in [4.69, 9.17) is 0 Å². The molecule has 2 aromatic carbocycles. The van der Waals surface area contributed by atoms with Crippen LogP contribution in [0, 0.1) is 17.6 Å². The number of aliphatic hydroxyl groups is 1. The lowest BCUT2D eigenvalue weighted by Gasteiger charge is -2.29. The molecule has 0 aromatic heterocycles. The molecule has 57 heavy (non-hydrogen) atoms. The molecular weight excluding hydrogens is 754 g/mol. The van der Waals surface area contributed by atoms with Gasteiger partial charge in [-0.2, -0.15) is 0 Å². The Bertz CT molecular complexity index is 1760. The van der Waals surface area contributed by atoms with E-state index in [1.54, 1.807) is 0 Å². The van der Waals surface area contributed by atoms with Crippen molar-refractivity contribution in [3.8, 4) is 0 Å². The van der Waals surface area contributed by atoms with Crippen LogP contribution in [-0.2, 0) is 19.2 Å². The first-order chi connectivity index (χ1) is 27.0. The highest BCUT2D eigenvalue weighted by atomic mass is 19.1. The lowest BCUT2D eigenvalue weighted by molar-refractivity contribution is -0.147. The Hall–Kier alpha value is -4.95. The Morgan fingerprint density at radius 2 is 1.40 bits per heavy atom. The Morgan fingerprint density at radius 1 is 0.825 bits per heavy atom. The summed E-state index contributed by atoms with van der Waals surface area (Å²) in [4.78, 5) is 78.1. The maximum Gasteiger partial charge on any atom is 0.488 e. The normalized spacial score (nSPS) is 15.8. The number of carboxylic acid groups (broad SMARTS) is 1. The van der Waals surface area contributed by atoms with Crippen LogP contribution in [0.5, 0.6) is 0 Å². The molecule has 17 nitrogen and oxygen atoms in total. The molecule has 310 valence electrons. The van der Waals surface area contributed by atoms with Gasteiger partial charge in [0.15, 0.2) is 6.04 Å². The van der Waals surface area contributed by atoms with Gasteiger partial charge in [-0.15, -0.1) is 0 Å². The number of hydrogen-bond acceptors (Lipinski definition) is 11. The molecule has 5 amide bonds. The zero-order valence-electron chi connectivity index (χ0n) is 31.6. The third-order valence-electron chi connectivity index (χ3n) is 9.65. The molecule has 1 fully saturated rings. The Kier molecular flexibility index (Phi) is 18.0. The molecule has 1 saturated heterocycles. The van der Waals surface area contributed by atoms with Gasteiger partial charge >= 0.3 is 20.2 Å². The summed E-state index contributed by atoms with van der Waals surface area (Å²) in [6.07, 6.45) is 1.28. The summed E-state index contributed by atoms with van der Waals surface area (Å²) < 4.78 is 29.1. The van der Waals surface area contributed by atoms with Gasteiger partial charge in [-0.05, 0) is 87.1 Å². The van der Waals surface area contributed by atoms with Crippen molar-refractivity contribution in [3.63, 3.8) is 0 Å². The van der Waals surface area contributed by atoms with Gasteiger partial charge in [-0.3, -0.25) is 24.0 Å². The second-order valence-electron chi connectivity index (χ2n) is 13.8. The predicted octanol–water partition coefficient (Wildman–Crippen LogP) is -2.11. The van der Waals surface area contributed by atoms with Crippen LogP contribution in [-0.4, -0.2) is 129 Å². The number of likely N-dealkylation sites (tertiary alicyclic amines) is 1. The summed E-state index contributed by atoms with van der Waals surface area (Å²) in [5.74, 6) is -7.32. The van der Waals surface area contributed by atoms with Crippen molar-refractivity contribution in [2.45, 2.75) is 89.4 Å². The third kappa shape index (κ3) is 13.3. The number of halogens is 2. The van der Waals surface area contributed by atoms with E-state index in [0.29, 0.717) is 45.1 Å². The Labute approximate surface area is 328 Å². The fourth-order valence-electron chi connectivity index (χ4n) is 6.39. The quantitative estimate of drug-likeness (QED) is 0.0480. The predicted molar refractivity (Wildman–Crippen MR) is 202 cm³/mol. The smallest absolute Gasteiger partial charge is 0.480 e. The minimum absolute atomic E-state index is 0.0630. The second-order valence-corrected chi connectivity index (χ2v) is 13.8. The van der Waals surface area contributed by atoms with Crippen molar-refractivity contribution in [3.05, 3.63) is 59.2 Å². The van der Waals surface area contributed by atoms with Crippen molar-refractivity contribution >= 4 is 60.7 Å². The third-order valence-corrected chi connectivity index (χ3v) is 9.65. The van der Waals surface area contributed by atoms with Gasteiger partial charge in [0.1, 0.15) is 23.7 Å². The summed E-state index contributed by atoms with van der Waals surface area (Å²) in [6.45, 7) is 3.40. The lowest BCUT2D eigenvalue weighted by atomic mass is 9.80. The first-order valence-corrected chi connectivity index (χ1v) is 18.7. The summed E-state index contributed by atoms with van der Waals surface area (Å²) in [5, 5.41) is 66.1. The number of carboxylic acids is 1. The SMILES string of the molecule is CC[C@@H](CCCCNC(=O)[C@H](CCCNC(=O)c1ccc(B(O)O)cc1F)NC(=O)c1ccc(B(O)O)cc1F)C(=O)N1CCC[C@H]1C(=O)N[C@H](C(=O)O)[C@@H](C)O. The highest BCUT2D eigenvalue weighted by Gasteiger charge is 2.38. The summed E-state index contributed by atoms with van der Waals surface area (Å²) >= 11 is 0. The minimum Gasteiger partial charge on any atom is -0.480 e. The van der Waals surface area contributed by atoms with E-state index in [1.807, 2.05) is 6.92 Å². The number of carbonyl (C=O) groups is 6. The van der Waals surface area contributed by atoms with Crippen LogP contribution >= 0.6 is 0 Å². The Morgan fingerprint density at radius 3 is 1.93 bits per heavy atom. The second kappa shape index (κ2) is 22.1. The molecule has 10 N–H and O–H groups in total. The van der Waals surface area contributed by atoms with Crippen LogP contribution in [0.15, 0.2) is 36.4 Å². The van der Waals surface area contributed by atoms with Gasteiger partial charge in [0, 0.05) is 25.6 Å². The van der Waals surface area contributed by atoms with Gasteiger partial charge in [-0.1, -0.05) is 25.5 Å². The van der Waals surface area contributed by atoms with E-state index in [2.05, 4.69) is 21.3 Å². The molecular formula is C36H49B2F2N5O12. The standard InChI is InChI=1S/C36H49B2F2N5O12/c1-3-21(35(51)45-17-7-10-29(45)34(50)44-30(20(2)46)36(52)53)8-4-5-15-42-33(49)28(43-32(48)25-14-12-23(38(56)57)19-27(25)40)9-6-16-41-31(47)24-13-11-22(37(54)55)18-26(24)39/h11-14,18-21,28-30,46,54-57H,3-10,15-17H2,1-2H3,(H,41,47)(H,42,49)(H,43,48)(H,44,50)(H,52,53)/t20-,21+,28+,29+,30+/m1/s1. The number of unbranched alkanes of at least 4 members (excludes halogenated alkanes) is 1. The number of nitrogens with one attached hydrogen (secondary N) is 4. The molecule has 0 saturated carbocycles. The molecule has 0 aliphatic carbocycles. The lowest BCUT2D eigenvalue weighted by Crippen LogP contribution is -2.54. The highest BCUT2D eigenvalue weighted by Crippen LogP contribution is 2.24. The van der Waals surface area contributed by atoms with Crippen molar-refractivity contribution in [1.82, 2.24) is 26.2 Å². The van der Waals surface area contributed by atoms with Crippen LogP contribution in [0.4, 0.5) is 8.78 Å². The average molecular weight is 803 g/mol. The van der Waals surface area contributed by atoms with E-state index < -0.39 is 91.2 Å². The number of carbonyl (C=O) groups excluding carboxylic acids is 5. The first kappa shape index (κ1) is 46.4. The summed E-state index contributed by atoms with van der Waals surface area (Å²) in [7, 11) is -3.92. The summed E-state index contributed by atoms with van der Waals surface area (Å²) in [5.41, 5.74) is -1.20. The molecule has 3 rings (SSSR count). The fraction of sp³-hybridized carbons (Fsp3) is 0.500.